The minimum Gasteiger partial charge on any atom is -0.389 e. The lowest BCUT2D eigenvalue weighted by Gasteiger charge is -2.27. The zero-order valence-corrected chi connectivity index (χ0v) is 15.5. The summed E-state index contributed by atoms with van der Waals surface area (Å²) in [6.07, 6.45) is -2.09. The summed E-state index contributed by atoms with van der Waals surface area (Å²) in [5.74, 6) is -0.0761. The number of aliphatic hydroxyl groups is 1. The van der Waals surface area contributed by atoms with Gasteiger partial charge in [0.15, 0.2) is 0 Å². The van der Waals surface area contributed by atoms with Gasteiger partial charge < -0.3 is 15.7 Å². The predicted molar refractivity (Wildman–Crippen MR) is 94.3 cm³/mol. The van der Waals surface area contributed by atoms with Crippen LogP contribution in [0.4, 0.5) is 23.5 Å². The molecule has 3 N–H and O–H groups in total. The molecule has 0 bridgehead atoms. The van der Waals surface area contributed by atoms with E-state index in [1.807, 2.05) is 0 Å². The fourth-order valence-electron chi connectivity index (χ4n) is 3.00. The molecule has 1 aliphatic rings. The number of hydrogen-bond donors (Lipinski definition) is 3. The van der Waals surface area contributed by atoms with Crippen LogP contribution in [0.5, 0.6) is 0 Å². The molecule has 2 atom stereocenters. The van der Waals surface area contributed by atoms with Crippen LogP contribution in [0.3, 0.4) is 0 Å². The third-order valence-electron chi connectivity index (χ3n) is 4.27. The van der Waals surface area contributed by atoms with Crippen LogP contribution in [0.25, 0.3) is 11.3 Å². The van der Waals surface area contributed by atoms with E-state index in [1.165, 1.54) is 17.1 Å². The number of nitrogens with one attached hydrogen (secondary N) is 2. The van der Waals surface area contributed by atoms with Crippen LogP contribution in [-0.2, 0) is 12.7 Å². The molecule has 2 aromatic rings. The van der Waals surface area contributed by atoms with E-state index < -0.39 is 29.6 Å². The fourth-order valence-corrected chi connectivity index (χ4v) is 3.00. The Kier molecular flexibility index (Phi) is 5.57. The standard InChI is InChI=1S/C17H22F4N6O/c1-16(2,28)9-27-8-10(5-24-27)14-11(17(19,20)21)6-23-15(26-14)25-13-3-4-22-7-12(13)18/h5-6,8,12-13,22,28H,3-4,7,9H2,1-2H3,(H,23,25,26)/t12-,13+/m1/s1. The van der Waals surface area contributed by atoms with Crippen LogP contribution in [0, 0.1) is 0 Å². The molecular formula is C17H22F4N6O. The van der Waals surface area contributed by atoms with Crippen molar-refractivity contribution < 1.29 is 22.7 Å². The molecule has 0 saturated carbocycles. The molecule has 1 saturated heterocycles. The highest BCUT2D eigenvalue weighted by molar-refractivity contribution is 5.63. The summed E-state index contributed by atoms with van der Waals surface area (Å²) in [5.41, 5.74) is -2.32. The SMILES string of the molecule is CC(C)(O)Cn1cc(-c2nc(N[C@H]3CCNC[C@H]3F)ncc2C(F)(F)F)cn1. The second-order valence-corrected chi connectivity index (χ2v) is 7.45. The Labute approximate surface area is 159 Å². The van der Waals surface area contributed by atoms with E-state index >= 15 is 0 Å². The molecule has 1 fully saturated rings. The van der Waals surface area contributed by atoms with Gasteiger partial charge >= 0.3 is 6.18 Å². The van der Waals surface area contributed by atoms with Gasteiger partial charge in [-0.05, 0) is 26.8 Å². The molecular weight excluding hydrogens is 380 g/mol. The van der Waals surface area contributed by atoms with Crippen LogP contribution in [0.1, 0.15) is 25.8 Å². The van der Waals surface area contributed by atoms with Crippen LogP contribution in [0.15, 0.2) is 18.6 Å². The fraction of sp³-hybridized carbons (Fsp3) is 0.588. The van der Waals surface area contributed by atoms with Crippen molar-refractivity contribution in [3.8, 4) is 11.3 Å². The first-order chi connectivity index (χ1) is 13.0. The van der Waals surface area contributed by atoms with Crippen molar-refractivity contribution in [1.82, 2.24) is 25.1 Å². The molecule has 0 radical (unpaired) electrons. The minimum atomic E-state index is -4.66. The molecule has 0 amide bonds. The Morgan fingerprint density at radius 3 is 2.71 bits per heavy atom. The number of halogens is 4. The maximum Gasteiger partial charge on any atom is 0.419 e. The van der Waals surface area contributed by atoms with Gasteiger partial charge in [0.05, 0.1) is 30.1 Å². The summed E-state index contributed by atoms with van der Waals surface area (Å²) in [4.78, 5) is 7.73. The van der Waals surface area contributed by atoms with Crippen LogP contribution in [0.2, 0.25) is 0 Å². The lowest BCUT2D eigenvalue weighted by molar-refractivity contribution is -0.137. The smallest absolute Gasteiger partial charge is 0.389 e. The number of alkyl halides is 4. The summed E-state index contributed by atoms with van der Waals surface area (Å²) >= 11 is 0. The van der Waals surface area contributed by atoms with Gasteiger partial charge in [-0.1, -0.05) is 0 Å². The normalized spacial score (nSPS) is 21.0. The maximum atomic E-state index is 14.0. The number of nitrogens with zero attached hydrogens (tertiary/aromatic N) is 4. The highest BCUT2D eigenvalue weighted by Crippen LogP contribution is 2.36. The second kappa shape index (κ2) is 7.63. The van der Waals surface area contributed by atoms with Crippen molar-refractivity contribution in [3.63, 3.8) is 0 Å². The van der Waals surface area contributed by atoms with Gasteiger partial charge in [0.25, 0.3) is 0 Å². The van der Waals surface area contributed by atoms with Crippen molar-refractivity contribution in [3.05, 3.63) is 24.2 Å². The highest BCUT2D eigenvalue weighted by Gasteiger charge is 2.36. The van der Waals surface area contributed by atoms with Crippen molar-refractivity contribution in [1.29, 1.82) is 0 Å². The van der Waals surface area contributed by atoms with E-state index in [2.05, 4.69) is 25.7 Å². The first-order valence-corrected chi connectivity index (χ1v) is 8.84. The monoisotopic (exact) mass is 402 g/mol. The van der Waals surface area contributed by atoms with E-state index in [0.29, 0.717) is 19.2 Å². The van der Waals surface area contributed by atoms with Gasteiger partial charge in [0, 0.05) is 24.5 Å². The van der Waals surface area contributed by atoms with Gasteiger partial charge in [-0.15, -0.1) is 0 Å². The molecule has 0 spiro atoms. The molecule has 7 nitrogen and oxygen atoms in total. The predicted octanol–water partition coefficient (Wildman–Crippen LogP) is 2.24. The van der Waals surface area contributed by atoms with E-state index in [4.69, 9.17) is 0 Å². The topological polar surface area (TPSA) is 87.9 Å². The molecule has 0 unspecified atom stereocenters. The number of piperidine rings is 1. The summed E-state index contributed by atoms with van der Waals surface area (Å²) in [7, 11) is 0. The first-order valence-electron chi connectivity index (χ1n) is 8.84. The lowest BCUT2D eigenvalue weighted by Crippen LogP contribution is -2.45. The Morgan fingerprint density at radius 2 is 2.07 bits per heavy atom. The molecule has 11 heteroatoms. The highest BCUT2D eigenvalue weighted by atomic mass is 19.4. The van der Waals surface area contributed by atoms with E-state index in [-0.39, 0.29) is 30.3 Å². The molecule has 1 aliphatic heterocycles. The number of hydrogen-bond acceptors (Lipinski definition) is 6. The van der Waals surface area contributed by atoms with E-state index in [1.54, 1.807) is 13.8 Å². The summed E-state index contributed by atoms with van der Waals surface area (Å²) in [6.45, 7) is 3.98. The van der Waals surface area contributed by atoms with Gasteiger partial charge in [-0.2, -0.15) is 18.3 Å². The molecule has 3 rings (SSSR count). The zero-order chi connectivity index (χ0) is 20.5. The average Bonchev–Trinajstić information content (AvgIpc) is 3.02. The average molecular weight is 402 g/mol. The summed E-state index contributed by atoms with van der Waals surface area (Å²) < 4.78 is 55.6. The summed E-state index contributed by atoms with van der Waals surface area (Å²) in [5, 5.41) is 19.6. The largest absolute Gasteiger partial charge is 0.419 e. The molecule has 0 aliphatic carbocycles. The van der Waals surface area contributed by atoms with Gasteiger partial charge in [-0.3, -0.25) is 4.68 Å². The van der Waals surface area contributed by atoms with Gasteiger partial charge in [0.1, 0.15) is 11.7 Å². The number of aromatic nitrogens is 4. The number of anilines is 1. The molecule has 28 heavy (non-hydrogen) atoms. The zero-order valence-electron chi connectivity index (χ0n) is 15.5. The van der Waals surface area contributed by atoms with Crippen molar-refractivity contribution in [2.24, 2.45) is 0 Å². The maximum absolute atomic E-state index is 14.0. The molecule has 154 valence electrons. The third-order valence-corrected chi connectivity index (χ3v) is 4.27. The molecule has 2 aromatic heterocycles. The van der Waals surface area contributed by atoms with Crippen LogP contribution >= 0.6 is 0 Å². The van der Waals surface area contributed by atoms with Gasteiger partial charge in [0.2, 0.25) is 5.95 Å². The van der Waals surface area contributed by atoms with Crippen LogP contribution in [-0.4, -0.2) is 55.8 Å². The van der Waals surface area contributed by atoms with Crippen molar-refractivity contribution >= 4 is 5.95 Å². The lowest BCUT2D eigenvalue weighted by atomic mass is 10.1. The van der Waals surface area contributed by atoms with Crippen molar-refractivity contribution in [2.45, 2.75) is 50.8 Å². The minimum absolute atomic E-state index is 0.0761. The third kappa shape index (κ3) is 4.96. The van der Waals surface area contributed by atoms with E-state index in [9.17, 15) is 22.7 Å². The Bertz CT molecular complexity index is 817. The van der Waals surface area contributed by atoms with E-state index in [0.717, 1.165) is 0 Å². The second-order valence-electron chi connectivity index (χ2n) is 7.45. The van der Waals surface area contributed by atoms with Crippen molar-refractivity contribution in [2.75, 3.05) is 18.4 Å². The molecule has 0 aromatic carbocycles. The Balaban J connectivity index is 1.93. The van der Waals surface area contributed by atoms with Gasteiger partial charge in [-0.25, -0.2) is 14.4 Å². The quantitative estimate of drug-likeness (QED) is 0.665. The van der Waals surface area contributed by atoms with Crippen LogP contribution < -0.4 is 10.6 Å². The Hall–Kier alpha value is -2.27. The number of rotatable bonds is 5. The summed E-state index contributed by atoms with van der Waals surface area (Å²) in [6, 6.07) is -0.580. The first kappa shape index (κ1) is 20.5. The Morgan fingerprint density at radius 1 is 1.32 bits per heavy atom. The molecule has 3 heterocycles.